The highest BCUT2D eigenvalue weighted by Gasteiger charge is 2.27. The first-order valence-corrected chi connectivity index (χ1v) is 9.73. The lowest BCUT2D eigenvalue weighted by Crippen LogP contribution is -2.31. The van der Waals surface area contributed by atoms with Crippen molar-refractivity contribution in [1.82, 2.24) is 4.72 Å². The van der Waals surface area contributed by atoms with Gasteiger partial charge in [0.25, 0.3) is 0 Å². The second-order valence-corrected chi connectivity index (χ2v) is 7.74. The van der Waals surface area contributed by atoms with Gasteiger partial charge < -0.3 is 14.2 Å². The molecule has 2 aromatic rings. The molecule has 0 fully saturated rings. The molecule has 2 aromatic carbocycles. The van der Waals surface area contributed by atoms with E-state index < -0.39 is 10.0 Å². The van der Waals surface area contributed by atoms with Crippen LogP contribution in [0.25, 0.3) is 0 Å². The second kappa shape index (κ2) is 6.57. The molecule has 132 valence electrons. The highest BCUT2D eigenvalue weighted by atomic mass is 32.2. The van der Waals surface area contributed by atoms with Gasteiger partial charge in [-0.3, -0.25) is 0 Å². The molecule has 0 aromatic heterocycles. The van der Waals surface area contributed by atoms with Crippen LogP contribution in [0.3, 0.4) is 0 Å². The Morgan fingerprint density at radius 2 is 1.68 bits per heavy atom. The Hall–Kier alpha value is -2.25. The van der Waals surface area contributed by atoms with Crippen LogP contribution in [-0.4, -0.2) is 34.8 Å². The van der Waals surface area contributed by atoms with Gasteiger partial charge in [0.05, 0.1) is 6.61 Å². The maximum absolute atomic E-state index is 12.8. The first-order valence-electron chi connectivity index (χ1n) is 8.25. The normalized spacial score (nSPS) is 19.0. The average molecular weight is 361 g/mol. The van der Waals surface area contributed by atoms with E-state index in [1.807, 2.05) is 24.3 Å². The van der Waals surface area contributed by atoms with Gasteiger partial charge in [-0.25, -0.2) is 13.1 Å². The average Bonchev–Trinajstić information content (AvgIpc) is 2.66. The van der Waals surface area contributed by atoms with Gasteiger partial charge >= 0.3 is 0 Å². The van der Waals surface area contributed by atoms with E-state index >= 15 is 0 Å². The third kappa shape index (κ3) is 3.17. The lowest BCUT2D eigenvalue weighted by Gasteiger charge is -2.26. The fourth-order valence-electron chi connectivity index (χ4n) is 3.17. The molecule has 0 aliphatic carbocycles. The molecule has 25 heavy (non-hydrogen) atoms. The number of sulfonamides is 1. The monoisotopic (exact) mass is 361 g/mol. The number of fused-ring (bicyclic) bond motifs is 2. The lowest BCUT2D eigenvalue weighted by molar-refractivity contribution is 0.167. The quantitative estimate of drug-likeness (QED) is 0.905. The second-order valence-electron chi connectivity index (χ2n) is 6.00. The van der Waals surface area contributed by atoms with Crippen molar-refractivity contribution in [1.29, 1.82) is 0 Å². The minimum absolute atomic E-state index is 0.0800. The van der Waals surface area contributed by atoms with Crippen LogP contribution in [0.5, 0.6) is 17.2 Å². The van der Waals surface area contributed by atoms with Gasteiger partial charge in [-0.1, -0.05) is 24.3 Å². The summed E-state index contributed by atoms with van der Waals surface area (Å²) in [4.78, 5) is 0.116. The van der Waals surface area contributed by atoms with Crippen LogP contribution < -0.4 is 18.9 Å². The van der Waals surface area contributed by atoms with Gasteiger partial charge in [0, 0.05) is 12.5 Å². The van der Waals surface area contributed by atoms with Crippen LogP contribution in [0.2, 0.25) is 0 Å². The van der Waals surface area contributed by atoms with Gasteiger partial charge in [-0.2, -0.15) is 0 Å². The number of rotatable bonds is 4. The van der Waals surface area contributed by atoms with Crippen LogP contribution in [0, 0.1) is 0 Å². The predicted molar refractivity (Wildman–Crippen MR) is 91.9 cm³/mol. The molecule has 1 unspecified atom stereocenters. The molecule has 0 spiro atoms. The maximum atomic E-state index is 12.8. The van der Waals surface area contributed by atoms with Crippen molar-refractivity contribution in [2.45, 2.75) is 17.2 Å². The highest BCUT2D eigenvalue weighted by molar-refractivity contribution is 7.89. The molecular formula is C18H19NO5S. The van der Waals surface area contributed by atoms with E-state index in [4.69, 9.17) is 14.2 Å². The molecule has 0 bridgehead atoms. The molecule has 2 heterocycles. The Bertz CT molecular complexity index is 881. The Morgan fingerprint density at radius 3 is 2.60 bits per heavy atom. The summed E-state index contributed by atoms with van der Waals surface area (Å²) in [6, 6.07) is 12.7. The van der Waals surface area contributed by atoms with Gasteiger partial charge in [0.1, 0.15) is 23.9 Å². The molecule has 0 saturated heterocycles. The van der Waals surface area contributed by atoms with Crippen molar-refractivity contribution < 1.29 is 22.6 Å². The summed E-state index contributed by atoms with van der Waals surface area (Å²) in [5.41, 5.74) is 1.03. The third-order valence-corrected chi connectivity index (χ3v) is 5.87. The molecule has 6 nitrogen and oxygen atoms in total. The summed E-state index contributed by atoms with van der Waals surface area (Å²) in [7, 11) is -3.70. The van der Waals surface area contributed by atoms with Gasteiger partial charge in [0.15, 0.2) is 11.5 Å². The van der Waals surface area contributed by atoms with E-state index in [2.05, 4.69) is 4.72 Å². The number of ether oxygens (including phenoxy) is 3. The fraction of sp³-hybridized carbons (Fsp3) is 0.333. The van der Waals surface area contributed by atoms with Crippen molar-refractivity contribution in [2.75, 3.05) is 26.4 Å². The number of para-hydroxylation sites is 2. The van der Waals surface area contributed by atoms with Crippen molar-refractivity contribution in [3.63, 3.8) is 0 Å². The number of nitrogens with one attached hydrogen (secondary N) is 1. The topological polar surface area (TPSA) is 73.9 Å². The van der Waals surface area contributed by atoms with Gasteiger partial charge in [-0.15, -0.1) is 0 Å². The molecule has 7 heteroatoms. The Labute approximate surface area is 146 Å². The molecule has 0 amide bonds. The zero-order valence-corrected chi connectivity index (χ0v) is 14.4. The Balaban J connectivity index is 1.56. The minimum Gasteiger partial charge on any atom is -0.493 e. The lowest BCUT2D eigenvalue weighted by atomic mass is 9.93. The van der Waals surface area contributed by atoms with Crippen molar-refractivity contribution in [3.8, 4) is 17.2 Å². The standard InChI is InChI=1S/C18H19NO5S/c20-25(21,17-7-3-6-16-18(17)24-11-10-23-16)19-12-13-8-9-22-15-5-2-1-4-14(13)15/h1-7,13,19H,8-12H2. The van der Waals surface area contributed by atoms with Crippen molar-refractivity contribution in [2.24, 2.45) is 0 Å². The van der Waals surface area contributed by atoms with E-state index in [0.717, 1.165) is 17.7 Å². The SMILES string of the molecule is O=S(=O)(NCC1CCOc2ccccc21)c1cccc2c1OCCO2. The minimum atomic E-state index is -3.70. The molecular weight excluding hydrogens is 342 g/mol. The van der Waals surface area contributed by atoms with Crippen molar-refractivity contribution >= 4 is 10.0 Å². The molecule has 2 aliphatic rings. The summed E-state index contributed by atoms with van der Waals surface area (Å²) < 4.78 is 44.9. The number of hydrogen-bond donors (Lipinski definition) is 1. The first-order chi connectivity index (χ1) is 12.1. The summed E-state index contributed by atoms with van der Waals surface area (Å²) in [5.74, 6) is 1.65. The molecule has 0 saturated carbocycles. The zero-order valence-electron chi connectivity index (χ0n) is 13.6. The van der Waals surface area contributed by atoms with E-state index in [0.29, 0.717) is 32.1 Å². The molecule has 0 radical (unpaired) electrons. The summed E-state index contributed by atoms with van der Waals surface area (Å²) in [6.45, 7) is 1.66. The Morgan fingerprint density at radius 1 is 0.920 bits per heavy atom. The van der Waals surface area contributed by atoms with Crippen LogP contribution in [0.15, 0.2) is 47.4 Å². The van der Waals surface area contributed by atoms with Gasteiger partial charge in [0.2, 0.25) is 10.0 Å². The predicted octanol–water partition coefficient (Wildman–Crippen LogP) is 2.30. The zero-order chi connectivity index (χ0) is 17.3. The smallest absolute Gasteiger partial charge is 0.244 e. The van der Waals surface area contributed by atoms with Crippen molar-refractivity contribution in [3.05, 3.63) is 48.0 Å². The van der Waals surface area contributed by atoms with Crippen LogP contribution >= 0.6 is 0 Å². The van der Waals surface area contributed by atoms with Gasteiger partial charge in [-0.05, 0) is 30.2 Å². The molecule has 1 N–H and O–H groups in total. The highest BCUT2D eigenvalue weighted by Crippen LogP contribution is 2.37. The summed E-state index contributed by atoms with van der Waals surface area (Å²) in [6.07, 6.45) is 0.770. The Kier molecular flexibility index (Phi) is 4.27. The molecule has 1 atom stereocenters. The van der Waals surface area contributed by atoms with E-state index in [-0.39, 0.29) is 16.6 Å². The maximum Gasteiger partial charge on any atom is 0.244 e. The number of hydrogen-bond acceptors (Lipinski definition) is 5. The van der Waals surface area contributed by atoms with Crippen LogP contribution in [0.1, 0.15) is 17.9 Å². The fourth-order valence-corrected chi connectivity index (χ4v) is 4.41. The first kappa shape index (κ1) is 16.2. The van der Waals surface area contributed by atoms with Crippen LogP contribution in [-0.2, 0) is 10.0 Å². The number of benzene rings is 2. The van der Waals surface area contributed by atoms with E-state index in [1.165, 1.54) is 6.07 Å². The van der Waals surface area contributed by atoms with E-state index in [1.54, 1.807) is 12.1 Å². The van der Waals surface area contributed by atoms with Crippen LogP contribution in [0.4, 0.5) is 0 Å². The summed E-state index contributed by atoms with van der Waals surface area (Å²) >= 11 is 0. The molecule has 4 rings (SSSR count). The third-order valence-electron chi connectivity index (χ3n) is 4.42. The van der Waals surface area contributed by atoms with E-state index in [9.17, 15) is 8.42 Å². The largest absolute Gasteiger partial charge is 0.493 e. The molecule has 2 aliphatic heterocycles. The summed E-state index contributed by atoms with van der Waals surface area (Å²) in [5, 5.41) is 0.